The predicted octanol–water partition coefficient (Wildman–Crippen LogP) is 0.340. The van der Waals surface area contributed by atoms with E-state index in [0.717, 1.165) is 11.6 Å². The summed E-state index contributed by atoms with van der Waals surface area (Å²) in [7, 11) is -3.93. The first-order valence-electron chi connectivity index (χ1n) is 7.26. The lowest BCUT2D eigenvalue weighted by Crippen LogP contribution is -2.28. The van der Waals surface area contributed by atoms with Gasteiger partial charge in [0, 0.05) is 25.2 Å². The number of rotatable bonds is 5. The molecular formula is C15H16N4O5S. The molecule has 0 aliphatic rings. The summed E-state index contributed by atoms with van der Waals surface area (Å²) in [6, 6.07) is 7.81. The molecule has 2 N–H and O–H groups in total. The second kappa shape index (κ2) is 7.26. The van der Waals surface area contributed by atoms with Gasteiger partial charge in [0.05, 0.1) is 4.90 Å². The standard InChI is InChI=1S/C15H16N4O5S/c1-3-19-14(21)9-8-13(17-19)15(22)16-11-4-6-12(7-5-11)25(23,24)18-10(2)20/h4-9H,3H2,1-2H3,(H,16,22)(H,18,20). The lowest BCUT2D eigenvalue weighted by molar-refractivity contribution is -0.117. The molecule has 25 heavy (non-hydrogen) atoms. The van der Waals surface area contributed by atoms with Crippen LogP contribution < -0.4 is 15.6 Å². The van der Waals surface area contributed by atoms with Gasteiger partial charge in [-0.1, -0.05) is 0 Å². The summed E-state index contributed by atoms with van der Waals surface area (Å²) in [6.07, 6.45) is 0. The molecule has 0 aliphatic carbocycles. The van der Waals surface area contributed by atoms with Crippen molar-refractivity contribution in [3.63, 3.8) is 0 Å². The van der Waals surface area contributed by atoms with E-state index >= 15 is 0 Å². The fraction of sp³-hybridized carbons (Fsp3) is 0.200. The maximum Gasteiger partial charge on any atom is 0.276 e. The maximum atomic E-state index is 12.2. The number of aryl methyl sites for hydroxylation is 1. The van der Waals surface area contributed by atoms with Gasteiger partial charge in [-0.2, -0.15) is 5.10 Å². The Bertz CT molecular complexity index is 964. The van der Waals surface area contributed by atoms with E-state index in [4.69, 9.17) is 0 Å². The zero-order valence-corrected chi connectivity index (χ0v) is 14.3. The average molecular weight is 364 g/mol. The minimum Gasteiger partial charge on any atom is -0.321 e. The highest BCUT2D eigenvalue weighted by atomic mass is 32.2. The maximum absolute atomic E-state index is 12.2. The molecule has 0 saturated heterocycles. The molecule has 1 aromatic carbocycles. The third-order valence-electron chi connectivity index (χ3n) is 3.10. The van der Waals surface area contributed by atoms with Crippen molar-refractivity contribution in [2.75, 3.05) is 5.32 Å². The molecule has 132 valence electrons. The zero-order valence-electron chi connectivity index (χ0n) is 13.5. The largest absolute Gasteiger partial charge is 0.321 e. The lowest BCUT2D eigenvalue weighted by Gasteiger charge is -2.08. The first-order valence-corrected chi connectivity index (χ1v) is 8.74. The summed E-state index contributed by atoms with van der Waals surface area (Å²) in [5, 5.41) is 6.47. The zero-order chi connectivity index (χ0) is 18.6. The molecule has 0 unspecified atom stereocenters. The summed E-state index contributed by atoms with van der Waals surface area (Å²) in [4.78, 5) is 34.4. The molecule has 1 heterocycles. The van der Waals surface area contributed by atoms with Crippen LogP contribution in [0.2, 0.25) is 0 Å². The van der Waals surface area contributed by atoms with Crippen molar-refractivity contribution in [1.29, 1.82) is 0 Å². The number of nitrogens with one attached hydrogen (secondary N) is 2. The average Bonchev–Trinajstić information content (AvgIpc) is 2.54. The lowest BCUT2D eigenvalue weighted by atomic mass is 10.3. The summed E-state index contributed by atoms with van der Waals surface area (Å²) in [6.45, 7) is 3.15. The molecule has 0 radical (unpaired) electrons. The second-order valence-electron chi connectivity index (χ2n) is 5.01. The fourth-order valence-electron chi connectivity index (χ4n) is 1.96. The highest BCUT2D eigenvalue weighted by Gasteiger charge is 2.16. The summed E-state index contributed by atoms with van der Waals surface area (Å²) >= 11 is 0. The van der Waals surface area contributed by atoms with Gasteiger partial charge in [-0.15, -0.1) is 0 Å². The van der Waals surface area contributed by atoms with Crippen LogP contribution in [0.15, 0.2) is 46.1 Å². The molecule has 0 bridgehead atoms. The smallest absolute Gasteiger partial charge is 0.276 e. The van der Waals surface area contributed by atoms with Gasteiger partial charge < -0.3 is 5.32 Å². The van der Waals surface area contributed by atoms with Crippen molar-refractivity contribution in [1.82, 2.24) is 14.5 Å². The SMILES string of the molecule is CCn1nc(C(=O)Nc2ccc(S(=O)(=O)NC(C)=O)cc2)ccc1=O. The summed E-state index contributed by atoms with van der Waals surface area (Å²) < 4.78 is 26.7. The highest BCUT2D eigenvalue weighted by Crippen LogP contribution is 2.14. The van der Waals surface area contributed by atoms with Crippen LogP contribution in [0.25, 0.3) is 0 Å². The Labute approximate surface area is 143 Å². The van der Waals surface area contributed by atoms with Crippen LogP contribution in [-0.2, 0) is 21.4 Å². The van der Waals surface area contributed by atoms with E-state index in [9.17, 15) is 22.8 Å². The predicted molar refractivity (Wildman–Crippen MR) is 89.6 cm³/mol. The minimum atomic E-state index is -3.93. The molecule has 1 aromatic heterocycles. The number of amides is 2. The van der Waals surface area contributed by atoms with Gasteiger partial charge in [0.25, 0.3) is 21.5 Å². The monoisotopic (exact) mass is 364 g/mol. The number of carbonyl (C=O) groups excluding carboxylic acids is 2. The van der Waals surface area contributed by atoms with E-state index in [1.807, 2.05) is 4.72 Å². The second-order valence-corrected chi connectivity index (χ2v) is 6.70. The molecular weight excluding hydrogens is 348 g/mol. The Morgan fingerprint density at radius 1 is 1.12 bits per heavy atom. The van der Waals surface area contributed by atoms with Gasteiger partial charge in [0.1, 0.15) is 5.69 Å². The Balaban J connectivity index is 2.17. The van der Waals surface area contributed by atoms with Crippen LogP contribution >= 0.6 is 0 Å². The summed E-state index contributed by atoms with van der Waals surface area (Å²) in [5.41, 5.74) is 0.0748. The Morgan fingerprint density at radius 2 is 1.76 bits per heavy atom. The number of carbonyl (C=O) groups is 2. The molecule has 2 rings (SSSR count). The molecule has 9 nitrogen and oxygen atoms in total. The van der Waals surface area contributed by atoms with E-state index in [0.29, 0.717) is 12.2 Å². The number of nitrogens with zero attached hydrogens (tertiary/aromatic N) is 2. The topological polar surface area (TPSA) is 127 Å². The summed E-state index contributed by atoms with van der Waals surface area (Å²) in [5.74, 6) is -1.24. The van der Waals surface area contributed by atoms with Crippen LogP contribution in [0.1, 0.15) is 24.3 Å². The number of sulfonamides is 1. The van der Waals surface area contributed by atoms with E-state index in [1.165, 1.54) is 36.4 Å². The first-order chi connectivity index (χ1) is 11.7. The molecule has 0 atom stereocenters. The molecule has 2 aromatic rings. The number of hydrogen-bond donors (Lipinski definition) is 2. The number of aromatic nitrogens is 2. The van der Waals surface area contributed by atoms with E-state index in [1.54, 1.807) is 6.92 Å². The van der Waals surface area contributed by atoms with Crippen LogP contribution in [0.4, 0.5) is 5.69 Å². The van der Waals surface area contributed by atoms with Crippen molar-refractivity contribution >= 4 is 27.5 Å². The Hall–Kier alpha value is -3.01. The number of hydrogen-bond acceptors (Lipinski definition) is 6. The Kier molecular flexibility index (Phi) is 5.32. The van der Waals surface area contributed by atoms with Gasteiger partial charge in [-0.25, -0.2) is 17.8 Å². The minimum absolute atomic E-state index is 0.0522. The van der Waals surface area contributed by atoms with Crippen LogP contribution in [0.5, 0.6) is 0 Å². The highest BCUT2D eigenvalue weighted by molar-refractivity contribution is 7.90. The van der Waals surface area contributed by atoms with Crippen LogP contribution in [0, 0.1) is 0 Å². The Morgan fingerprint density at radius 3 is 2.32 bits per heavy atom. The van der Waals surface area contributed by atoms with E-state index in [2.05, 4.69) is 10.4 Å². The van der Waals surface area contributed by atoms with Gasteiger partial charge in [0.2, 0.25) is 5.91 Å². The molecule has 0 saturated carbocycles. The quantitative estimate of drug-likeness (QED) is 0.787. The van der Waals surface area contributed by atoms with Crippen molar-refractivity contribution in [2.45, 2.75) is 25.3 Å². The van der Waals surface area contributed by atoms with Gasteiger partial charge in [-0.3, -0.25) is 14.4 Å². The molecule has 10 heteroatoms. The van der Waals surface area contributed by atoms with Gasteiger partial charge >= 0.3 is 0 Å². The van der Waals surface area contributed by atoms with Crippen molar-refractivity contribution in [3.8, 4) is 0 Å². The van der Waals surface area contributed by atoms with Gasteiger partial charge in [-0.05, 0) is 37.3 Å². The van der Waals surface area contributed by atoms with E-state index < -0.39 is 21.8 Å². The van der Waals surface area contributed by atoms with Crippen LogP contribution in [0.3, 0.4) is 0 Å². The van der Waals surface area contributed by atoms with Gasteiger partial charge in [0.15, 0.2) is 0 Å². The fourth-order valence-corrected chi connectivity index (χ4v) is 2.95. The molecule has 2 amide bonds. The third-order valence-corrected chi connectivity index (χ3v) is 4.55. The molecule has 0 aliphatic heterocycles. The van der Waals surface area contributed by atoms with Crippen LogP contribution in [-0.4, -0.2) is 30.0 Å². The number of benzene rings is 1. The van der Waals surface area contributed by atoms with Crippen molar-refractivity contribution < 1.29 is 18.0 Å². The van der Waals surface area contributed by atoms with Crippen molar-refractivity contribution in [2.24, 2.45) is 0 Å². The number of anilines is 1. The van der Waals surface area contributed by atoms with Crippen molar-refractivity contribution in [3.05, 3.63) is 52.4 Å². The molecule has 0 spiro atoms. The molecule has 0 fully saturated rings. The normalized spacial score (nSPS) is 11.0. The third kappa shape index (κ3) is 4.51. The first kappa shape index (κ1) is 18.3. The van der Waals surface area contributed by atoms with E-state index in [-0.39, 0.29) is 16.1 Å².